The molecule has 3 aliphatic carbocycles. The van der Waals surface area contributed by atoms with Crippen LogP contribution < -0.4 is 5.73 Å². The first-order valence-electron chi connectivity index (χ1n) is 23.6. The molecule has 2 bridgehead atoms. The molecule has 0 saturated heterocycles. The summed E-state index contributed by atoms with van der Waals surface area (Å²) in [7, 11) is 0. The van der Waals surface area contributed by atoms with Crippen molar-refractivity contribution in [3.8, 4) is 22.3 Å². The molecule has 0 aliphatic heterocycles. The Balaban J connectivity index is 0.000000141. The number of carbonyl (C=O) groups is 1. The highest BCUT2D eigenvalue weighted by atomic mass is 128. The normalized spacial score (nSPS) is 15.4. The zero-order valence-corrected chi connectivity index (χ0v) is 43.6. The standard InChI is InChI=1S/C32H20F2.C26H16F2.C7H7NO2.I2/c33-23-11-7-9-21(19-23)31-25-13-1-2-14-26(25)32(22-10-8-12-24(34)20-22,29-17-5-3-15-27(29)31)30-18-6-4-16-28(30)31;27-19-9-5-7-17(15-19)25-21-11-1-2-12-22(21)26(18-8-6-10-20(28)16-18)24-14-4-3-13-23(24)25;8-6-4-2-1-3-5(6)7(9)10;1-2/h1-20H;1-16H;1-4H,8H2,(H,9,10);. The van der Waals surface area contributed by atoms with Crippen LogP contribution >= 0.6 is 37.2 Å². The van der Waals surface area contributed by atoms with Gasteiger partial charge in [-0.15, -0.1) is 0 Å². The Morgan fingerprint density at radius 1 is 0.365 bits per heavy atom. The number of fused-ring (bicyclic) bond motifs is 2. The average Bonchev–Trinajstić information content (AvgIpc) is 3.47. The van der Waals surface area contributed by atoms with Crippen LogP contribution in [0.5, 0.6) is 0 Å². The lowest BCUT2D eigenvalue weighted by Gasteiger charge is -2.57. The highest BCUT2D eigenvalue weighted by Gasteiger charge is 2.59. The van der Waals surface area contributed by atoms with Gasteiger partial charge in [0.2, 0.25) is 0 Å². The number of benzene rings is 11. The molecule has 3 N–H and O–H groups in total. The van der Waals surface area contributed by atoms with Crippen molar-refractivity contribution in [3.63, 3.8) is 0 Å². The topological polar surface area (TPSA) is 63.3 Å². The Hall–Kier alpha value is -7.61. The largest absolute Gasteiger partial charge is 0.478 e. The van der Waals surface area contributed by atoms with Crippen molar-refractivity contribution in [2.75, 3.05) is 5.73 Å². The van der Waals surface area contributed by atoms with Crippen LogP contribution in [0.15, 0.2) is 243 Å². The molecule has 0 heterocycles. The predicted molar refractivity (Wildman–Crippen MR) is 308 cm³/mol. The summed E-state index contributed by atoms with van der Waals surface area (Å²) >= 11 is 4.24. The van der Waals surface area contributed by atoms with Crippen molar-refractivity contribution < 1.29 is 27.5 Å². The van der Waals surface area contributed by atoms with Crippen LogP contribution in [0.4, 0.5) is 23.2 Å². The van der Waals surface area contributed by atoms with Gasteiger partial charge in [0.1, 0.15) is 23.3 Å². The first-order valence-corrected chi connectivity index (χ1v) is 29.9. The molecular formula is C65H43F4I2NO2. The van der Waals surface area contributed by atoms with Gasteiger partial charge in [-0.2, -0.15) is 0 Å². The summed E-state index contributed by atoms with van der Waals surface area (Å²) in [5.41, 5.74) is 16.6. The fourth-order valence-electron chi connectivity index (χ4n) is 11.4. The van der Waals surface area contributed by atoms with Gasteiger partial charge in [-0.05, 0) is 149 Å². The number of carboxylic acids is 1. The van der Waals surface area contributed by atoms with Gasteiger partial charge < -0.3 is 10.8 Å². The van der Waals surface area contributed by atoms with Gasteiger partial charge in [-0.25, -0.2) is 22.4 Å². The monoisotopic (exact) mass is 1200 g/mol. The molecular weight excluding hydrogens is 1160 g/mol. The maximum Gasteiger partial charge on any atom is 0.337 e. The smallest absolute Gasteiger partial charge is 0.337 e. The summed E-state index contributed by atoms with van der Waals surface area (Å²) in [6.07, 6.45) is 0. The van der Waals surface area contributed by atoms with Gasteiger partial charge in [0.25, 0.3) is 0 Å². The lowest BCUT2D eigenvalue weighted by molar-refractivity contribution is 0.0698. The van der Waals surface area contributed by atoms with Gasteiger partial charge in [-0.1, -0.05) is 182 Å². The number of hydrogen-bond donors (Lipinski definition) is 2. The second-order valence-electron chi connectivity index (χ2n) is 17.9. The molecule has 11 aromatic rings. The third kappa shape index (κ3) is 8.51. The van der Waals surface area contributed by atoms with Crippen molar-refractivity contribution >= 4 is 70.4 Å². The number of hydrogen-bond acceptors (Lipinski definition) is 2. The summed E-state index contributed by atoms with van der Waals surface area (Å²) in [5, 5.41) is 12.6. The van der Waals surface area contributed by atoms with E-state index in [1.165, 1.54) is 30.3 Å². The van der Waals surface area contributed by atoms with Gasteiger partial charge in [-0.3, -0.25) is 0 Å². The van der Waals surface area contributed by atoms with Gasteiger partial charge in [0, 0.05) is 42.9 Å². The summed E-state index contributed by atoms with van der Waals surface area (Å²) in [6, 6.07) is 75.0. The second kappa shape index (κ2) is 21.1. The molecule has 14 rings (SSSR count). The average molecular weight is 1200 g/mol. The van der Waals surface area contributed by atoms with Crippen LogP contribution in [0.3, 0.4) is 0 Å². The molecule has 3 aliphatic rings. The molecule has 0 radical (unpaired) electrons. The number of para-hydroxylation sites is 1. The quantitative estimate of drug-likeness (QED) is 0.0781. The van der Waals surface area contributed by atoms with E-state index in [4.69, 9.17) is 10.8 Å². The minimum atomic E-state index is -0.988. The fraction of sp³-hybridized carbons (Fsp3) is 0.0308. The summed E-state index contributed by atoms with van der Waals surface area (Å²) in [4.78, 5) is 10.3. The summed E-state index contributed by atoms with van der Waals surface area (Å²) < 4.78 is 57.4. The Morgan fingerprint density at radius 2 is 0.649 bits per heavy atom. The molecule has 0 spiro atoms. The molecule has 0 aromatic heterocycles. The van der Waals surface area contributed by atoms with E-state index in [0.29, 0.717) is 5.69 Å². The van der Waals surface area contributed by atoms with Crippen molar-refractivity contribution in [2.24, 2.45) is 0 Å². The number of halogens is 6. The van der Waals surface area contributed by atoms with Gasteiger partial charge in [0.15, 0.2) is 0 Å². The number of carboxylic acid groups (broad SMARTS) is 1. The van der Waals surface area contributed by atoms with E-state index in [2.05, 4.69) is 73.6 Å². The van der Waals surface area contributed by atoms with E-state index in [9.17, 15) is 22.4 Å². The van der Waals surface area contributed by atoms with E-state index in [0.717, 1.165) is 88.3 Å². The lowest BCUT2D eigenvalue weighted by atomic mass is 9.44. The number of nitrogen functional groups attached to an aromatic ring is 1. The SMILES string of the molecule is Fc1cccc(-c2c3ccccc3c(-c3cccc(F)c3)c3ccccc23)c1.Fc1cccc(C23c4ccccc4C(c4cccc(F)c4)(c4ccccc42)c2ccccc23)c1.II.Nc1ccccc1C(=O)O. The fourth-order valence-corrected chi connectivity index (χ4v) is 11.4. The van der Waals surface area contributed by atoms with E-state index < -0.39 is 16.8 Å². The molecule has 362 valence electrons. The molecule has 0 fully saturated rings. The Labute approximate surface area is 449 Å². The number of anilines is 1. The minimum absolute atomic E-state index is 0.155. The van der Waals surface area contributed by atoms with Crippen molar-refractivity contribution in [1.29, 1.82) is 0 Å². The third-order valence-corrected chi connectivity index (χ3v) is 14.1. The van der Waals surface area contributed by atoms with Gasteiger partial charge >= 0.3 is 5.97 Å². The highest BCUT2D eigenvalue weighted by molar-refractivity contribution is 15.0. The molecule has 11 aromatic carbocycles. The van der Waals surface area contributed by atoms with Crippen LogP contribution in [0.25, 0.3) is 43.8 Å². The Morgan fingerprint density at radius 3 is 0.932 bits per heavy atom. The molecule has 74 heavy (non-hydrogen) atoms. The first kappa shape index (κ1) is 49.9. The van der Waals surface area contributed by atoms with Crippen molar-refractivity contribution in [3.05, 3.63) is 316 Å². The van der Waals surface area contributed by atoms with Crippen LogP contribution in [0, 0.1) is 23.3 Å². The number of rotatable bonds is 5. The van der Waals surface area contributed by atoms with Crippen LogP contribution in [0.2, 0.25) is 0 Å². The molecule has 0 saturated carbocycles. The summed E-state index contributed by atoms with van der Waals surface area (Å²) in [6.45, 7) is 0. The Bertz CT molecular complexity index is 3520. The van der Waals surface area contributed by atoms with E-state index in [1.807, 2.05) is 109 Å². The molecule has 0 unspecified atom stereocenters. The highest BCUT2D eigenvalue weighted by Crippen LogP contribution is 2.66. The van der Waals surface area contributed by atoms with E-state index >= 15 is 0 Å². The van der Waals surface area contributed by atoms with Crippen molar-refractivity contribution in [1.82, 2.24) is 0 Å². The molecule has 0 atom stereocenters. The van der Waals surface area contributed by atoms with Crippen LogP contribution in [-0.4, -0.2) is 11.1 Å². The second-order valence-corrected chi connectivity index (χ2v) is 17.9. The summed E-state index contributed by atoms with van der Waals surface area (Å²) in [5.74, 6) is -2.03. The molecule has 0 amide bonds. The van der Waals surface area contributed by atoms with E-state index in [-0.39, 0.29) is 28.8 Å². The van der Waals surface area contributed by atoms with Gasteiger partial charge in [0.05, 0.1) is 16.4 Å². The molecule has 3 nitrogen and oxygen atoms in total. The zero-order chi connectivity index (χ0) is 51.6. The minimum Gasteiger partial charge on any atom is -0.478 e. The number of aromatic carboxylic acids is 1. The molecule has 9 heteroatoms. The predicted octanol–water partition coefficient (Wildman–Crippen LogP) is 17.7. The van der Waals surface area contributed by atoms with E-state index in [1.54, 1.807) is 66.7 Å². The zero-order valence-electron chi connectivity index (χ0n) is 39.3. The third-order valence-electron chi connectivity index (χ3n) is 14.1. The maximum absolute atomic E-state index is 14.7. The Kier molecular flexibility index (Phi) is 14.2. The lowest BCUT2D eigenvalue weighted by Crippen LogP contribution is -2.51. The van der Waals surface area contributed by atoms with Crippen molar-refractivity contribution in [2.45, 2.75) is 10.8 Å². The maximum atomic E-state index is 14.7. The van der Waals surface area contributed by atoms with Crippen LogP contribution in [0.1, 0.15) is 54.9 Å². The first-order chi connectivity index (χ1) is 36.1. The van der Waals surface area contributed by atoms with Crippen LogP contribution in [-0.2, 0) is 10.8 Å². The number of nitrogens with two attached hydrogens (primary N) is 1.